The van der Waals surface area contributed by atoms with Crippen LogP contribution in [0.5, 0.6) is 0 Å². The molecule has 76 valence electrons. The standard InChI is InChI=1S/C5H12.C4H9NO.CH4/c1-4-5(2)3;1-4(6)5(2)3;/h5H,4H2,1-3H3;1-3H3;1H4. The highest BCUT2D eigenvalue weighted by Gasteiger charge is 1.87. The Morgan fingerprint density at radius 2 is 1.50 bits per heavy atom. The smallest absolute Gasteiger partial charge is 0.218 e. The average Bonchev–Trinajstić information content (AvgIpc) is 1.89. The summed E-state index contributed by atoms with van der Waals surface area (Å²) in [5.41, 5.74) is 0. The van der Waals surface area contributed by atoms with Gasteiger partial charge in [-0.25, -0.2) is 0 Å². The number of carbonyl (C=O) groups excluding carboxylic acids is 1. The predicted molar refractivity (Wildman–Crippen MR) is 56.2 cm³/mol. The van der Waals surface area contributed by atoms with Gasteiger partial charge < -0.3 is 4.90 Å². The van der Waals surface area contributed by atoms with Crippen molar-refractivity contribution in [2.75, 3.05) is 14.1 Å². The van der Waals surface area contributed by atoms with E-state index in [9.17, 15) is 4.79 Å². The molecule has 0 aromatic carbocycles. The monoisotopic (exact) mass is 175 g/mol. The van der Waals surface area contributed by atoms with Gasteiger partial charge in [0, 0.05) is 21.0 Å². The quantitative estimate of drug-likeness (QED) is 0.600. The minimum Gasteiger partial charge on any atom is -0.349 e. The van der Waals surface area contributed by atoms with Crippen LogP contribution in [-0.2, 0) is 4.79 Å². The van der Waals surface area contributed by atoms with Gasteiger partial charge in [0.05, 0.1) is 0 Å². The van der Waals surface area contributed by atoms with Crippen molar-refractivity contribution in [3.8, 4) is 0 Å². The molecule has 2 nitrogen and oxygen atoms in total. The molecule has 0 bridgehead atoms. The fourth-order valence-corrected chi connectivity index (χ4v) is 0. The van der Waals surface area contributed by atoms with E-state index < -0.39 is 0 Å². The first-order valence-corrected chi connectivity index (χ1v) is 4.09. The van der Waals surface area contributed by atoms with Crippen LogP contribution in [0.1, 0.15) is 41.5 Å². The zero-order valence-electron chi connectivity index (χ0n) is 8.64. The van der Waals surface area contributed by atoms with Gasteiger partial charge in [-0.1, -0.05) is 34.6 Å². The summed E-state index contributed by atoms with van der Waals surface area (Å²) in [6.45, 7) is 8.17. The van der Waals surface area contributed by atoms with Crippen molar-refractivity contribution >= 4 is 5.91 Å². The van der Waals surface area contributed by atoms with Gasteiger partial charge in [-0.2, -0.15) is 0 Å². The average molecular weight is 175 g/mol. The van der Waals surface area contributed by atoms with E-state index in [4.69, 9.17) is 0 Å². The largest absolute Gasteiger partial charge is 0.349 e. The molecule has 0 aliphatic heterocycles. The molecule has 0 aromatic heterocycles. The summed E-state index contributed by atoms with van der Waals surface area (Å²) in [5.74, 6) is 0.977. The number of rotatable bonds is 1. The number of nitrogens with zero attached hydrogens (tertiary/aromatic N) is 1. The number of hydrogen-bond donors (Lipinski definition) is 0. The van der Waals surface area contributed by atoms with E-state index >= 15 is 0 Å². The van der Waals surface area contributed by atoms with Gasteiger partial charge in [0.25, 0.3) is 0 Å². The maximum atomic E-state index is 10.1. The van der Waals surface area contributed by atoms with E-state index in [0.717, 1.165) is 5.92 Å². The van der Waals surface area contributed by atoms with Crippen molar-refractivity contribution in [2.45, 2.75) is 41.5 Å². The SMILES string of the molecule is C.CC(=O)N(C)C.CCC(C)C. The minimum absolute atomic E-state index is 0. The molecule has 12 heavy (non-hydrogen) atoms. The van der Waals surface area contributed by atoms with E-state index in [-0.39, 0.29) is 13.3 Å². The molecule has 0 spiro atoms. The highest BCUT2D eigenvalue weighted by molar-refractivity contribution is 5.72. The van der Waals surface area contributed by atoms with Crippen LogP contribution in [0, 0.1) is 5.92 Å². The van der Waals surface area contributed by atoms with Crippen molar-refractivity contribution in [3.63, 3.8) is 0 Å². The second kappa shape index (κ2) is 10.5. The van der Waals surface area contributed by atoms with E-state index in [1.807, 2.05) is 0 Å². The highest BCUT2D eigenvalue weighted by atomic mass is 16.2. The van der Waals surface area contributed by atoms with Crippen molar-refractivity contribution < 1.29 is 4.79 Å². The summed E-state index contributed by atoms with van der Waals surface area (Å²) in [4.78, 5) is 11.6. The van der Waals surface area contributed by atoms with Crippen molar-refractivity contribution in [1.29, 1.82) is 0 Å². The second-order valence-corrected chi connectivity index (χ2v) is 3.22. The Balaban J connectivity index is -0.000000126. The van der Waals surface area contributed by atoms with E-state index in [1.165, 1.54) is 18.2 Å². The lowest BCUT2D eigenvalue weighted by molar-refractivity contribution is -0.126. The number of carbonyl (C=O) groups is 1. The Bertz CT molecular complexity index is 98.0. The zero-order chi connectivity index (χ0) is 9.44. The molecule has 0 rings (SSSR count). The number of amides is 1. The third kappa shape index (κ3) is 22.7. The normalized spacial score (nSPS) is 7.92. The molecule has 0 radical (unpaired) electrons. The Morgan fingerprint density at radius 3 is 1.50 bits per heavy atom. The van der Waals surface area contributed by atoms with Crippen LogP contribution < -0.4 is 0 Å². The zero-order valence-corrected chi connectivity index (χ0v) is 8.64. The fourth-order valence-electron chi connectivity index (χ4n) is 0. The molecule has 1 amide bonds. The lowest BCUT2D eigenvalue weighted by Gasteiger charge is -2.02. The van der Waals surface area contributed by atoms with Gasteiger partial charge >= 0.3 is 0 Å². The van der Waals surface area contributed by atoms with Gasteiger partial charge in [0.2, 0.25) is 5.91 Å². The minimum atomic E-state index is 0. The topological polar surface area (TPSA) is 20.3 Å². The second-order valence-electron chi connectivity index (χ2n) is 3.22. The molecule has 0 N–H and O–H groups in total. The van der Waals surface area contributed by atoms with Crippen LogP contribution in [0.2, 0.25) is 0 Å². The summed E-state index contributed by atoms with van der Waals surface area (Å²) < 4.78 is 0. The van der Waals surface area contributed by atoms with Crippen molar-refractivity contribution in [1.82, 2.24) is 4.90 Å². The van der Waals surface area contributed by atoms with E-state index in [2.05, 4.69) is 20.8 Å². The molecule has 0 aliphatic rings. The predicted octanol–water partition coefficient (Wildman–Crippen LogP) is 2.78. The molecule has 0 saturated carbocycles. The van der Waals surface area contributed by atoms with Crippen LogP contribution in [0.25, 0.3) is 0 Å². The third-order valence-corrected chi connectivity index (χ3v) is 1.45. The van der Waals surface area contributed by atoms with Gasteiger partial charge in [0.15, 0.2) is 0 Å². The van der Waals surface area contributed by atoms with Crippen LogP contribution in [-0.4, -0.2) is 24.9 Å². The molecular formula is C10H25NO. The van der Waals surface area contributed by atoms with Gasteiger partial charge in [-0.15, -0.1) is 0 Å². The Morgan fingerprint density at radius 1 is 1.33 bits per heavy atom. The van der Waals surface area contributed by atoms with Crippen molar-refractivity contribution in [2.24, 2.45) is 5.92 Å². The molecule has 0 heterocycles. The Hall–Kier alpha value is -0.530. The summed E-state index contributed by atoms with van der Waals surface area (Å²) in [7, 11) is 3.45. The first-order valence-electron chi connectivity index (χ1n) is 4.09. The summed E-state index contributed by atoms with van der Waals surface area (Å²) in [6.07, 6.45) is 1.31. The van der Waals surface area contributed by atoms with Crippen LogP contribution in [0.3, 0.4) is 0 Å². The summed E-state index contributed by atoms with van der Waals surface area (Å²) in [6, 6.07) is 0. The van der Waals surface area contributed by atoms with Crippen LogP contribution in [0.15, 0.2) is 0 Å². The van der Waals surface area contributed by atoms with Crippen LogP contribution >= 0.6 is 0 Å². The third-order valence-electron chi connectivity index (χ3n) is 1.45. The molecule has 0 aromatic rings. The fraction of sp³-hybridized carbons (Fsp3) is 0.900. The van der Waals surface area contributed by atoms with E-state index in [1.54, 1.807) is 14.1 Å². The lowest BCUT2D eigenvalue weighted by Crippen LogP contribution is -2.17. The molecule has 0 fully saturated rings. The Labute approximate surface area is 78.0 Å². The van der Waals surface area contributed by atoms with Gasteiger partial charge in [0.1, 0.15) is 0 Å². The first kappa shape index (κ1) is 17.5. The molecule has 0 atom stereocenters. The summed E-state index contributed by atoms with van der Waals surface area (Å²) in [5, 5.41) is 0. The maximum absolute atomic E-state index is 10.1. The lowest BCUT2D eigenvalue weighted by atomic mass is 10.2. The highest BCUT2D eigenvalue weighted by Crippen LogP contribution is 1.93. The van der Waals surface area contributed by atoms with Gasteiger partial charge in [-0.3, -0.25) is 4.79 Å². The molecular weight excluding hydrogens is 150 g/mol. The molecule has 0 unspecified atom stereocenters. The first-order chi connectivity index (χ1) is 4.91. The molecule has 0 aliphatic carbocycles. The van der Waals surface area contributed by atoms with Crippen molar-refractivity contribution in [3.05, 3.63) is 0 Å². The van der Waals surface area contributed by atoms with E-state index in [0.29, 0.717) is 0 Å². The molecule has 2 heteroatoms. The number of hydrogen-bond acceptors (Lipinski definition) is 1. The maximum Gasteiger partial charge on any atom is 0.218 e. The van der Waals surface area contributed by atoms with Crippen LogP contribution in [0.4, 0.5) is 0 Å². The Kier molecular flexibility index (Phi) is 15.3. The summed E-state index contributed by atoms with van der Waals surface area (Å²) >= 11 is 0. The van der Waals surface area contributed by atoms with Gasteiger partial charge in [-0.05, 0) is 5.92 Å². The molecule has 0 saturated heterocycles.